The van der Waals surface area contributed by atoms with Crippen molar-refractivity contribution in [3.63, 3.8) is 0 Å². The average molecular weight is 540 g/mol. The fraction of sp³-hybridized carbons (Fsp3) is 0.188. The van der Waals surface area contributed by atoms with E-state index in [0.29, 0.717) is 6.61 Å². The van der Waals surface area contributed by atoms with E-state index in [1.807, 2.05) is 36.9 Å². The molecule has 1 heterocycles. The smallest absolute Gasteiger partial charge is 0.269 e. The lowest BCUT2D eigenvalue weighted by molar-refractivity contribution is -0.384. The van der Waals surface area contributed by atoms with Crippen LogP contribution in [0.5, 0.6) is 0 Å². The molecule has 0 aliphatic carbocycles. The summed E-state index contributed by atoms with van der Waals surface area (Å²) in [5.41, 5.74) is 7.12. The molecule has 0 amide bonds. The summed E-state index contributed by atoms with van der Waals surface area (Å²) >= 11 is 1.90. The molecular weight excluding hydrogens is 506 g/mol. The Bertz CT molecular complexity index is 1610. The Morgan fingerprint density at radius 3 is 2.38 bits per heavy atom. The van der Waals surface area contributed by atoms with E-state index in [2.05, 4.69) is 95.9 Å². The van der Waals surface area contributed by atoms with Crippen LogP contribution in [0.4, 0.5) is 5.69 Å². The molecule has 200 valence electrons. The normalized spacial score (nSPS) is 11.2. The van der Waals surface area contributed by atoms with Gasteiger partial charge < -0.3 is 9.40 Å². The number of hydrogen-bond acceptors (Lipinski definition) is 5. The molecular formula is C32H33N3O3S. The van der Waals surface area contributed by atoms with Gasteiger partial charge in [-0.1, -0.05) is 48.6 Å². The summed E-state index contributed by atoms with van der Waals surface area (Å²) < 4.78 is 2.18. The van der Waals surface area contributed by atoms with Gasteiger partial charge in [0.25, 0.3) is 5.69 Å². The van der Waals surface area contributed by atoms with Gasteiger partial charge in [-0.25, -0.2) is 5.90 Å². The van der Waals surface area contributed by atoms with Crippen molar-refractivity contribution in [1.82, 2.24) is 4.57 Å². The van der Waals surface area contributed by atoms with Crippen LogP contribution in [0.3, 0.4) is 0 Å². The fourth-order valence-electron chi connectivity index (χ4n) is 4.62. The highest BCUT2D eigenvalue weighted by molar-refractivity contribution is 7.99. The van der Waals surface area contributed by atoms with Crippen LogP contribution in [0, 0.1) is 17.0 Å². The number of rotatable bonds is 8. The van der Waals surface area contributed by atoms with Crippen LogP contribution in [0.15, 0.2) is 95.9 Å². The lowest BCUT2D eigenvalue weighted by atomic mass is 10.1. The van der Waals surface area contributed by atoms with Crippen LogP contribution in [0.25, 0.3) is 33.6 Å². The lowest BCUT2D eigenvalue weighted by Gasteiger charge is -2.10. The molecule has 0 radical (unpaired) electrons. The summed E-state index contributed by atoms with van der Waals surface area (Å²) in [4.78, 5) is 16.1. The monoisotopic (exact) mass is 539 g/mol. The van der Waals surface area contributed by atoms with Crippen LogP contribution in [-0.4, -0.2) is 21.9 Å². The molecule has 0 unspecified atom stereocenters. The zero-order chi connectivity index (χ0) is 27.8. The number of fused-ring (bicyclic) bond motifs is 3. The maximum Gasteiger partial charge on any atom is 0.269 e. The highest BCUT2D eigenvalue weighted by Gasteiger charge is 2.14. The van der Waals surface area contributed by atoms with E-state index in [1.54, 1.807) is 12.1 Å². The average Bonchev–Trinajstić information content (AvgIpc) is 3.29. The number of nitrogens with zero attached hydrogens (tertiary/aromatic N) is 2. The molecule has 5 aromatic rings. The number of thioether (sulfide) groups is 1. The zero-order valence-electron chi connectivity index (χ0n) is 22.5. The lowest BCUT2D eigenvalue weighted by Crippen LogP contribution is -1.95. The molecule has 0 saturated carbocycles. The molecule has 0 bridgehead atoms. The zero-order valence-corrected chi connectivity index (χ0v) is 23.3. The van der Waals surface area contributed by atoms with Crippen molar-refractivity contribution in [1.29, 1.82) is 0 Å². The topological polar surface area (TPSA) is 83.3 Å². The first kappa shape index (κ1) is 28.1. The number of para-hydroxylation sites is 1. The van der Waals surface area contributed by atoms with Gasteiger partial charge in [0.15, 0.2) is 0 Å². The minimum atomic E-state index is -0.363. The third-order valence-electron chi connectivity index (χ3n) is 6.49. The number of non-ortho nitro benzene ring substituents is 1. The summed E-state index contributed by atoms with van der Waals surface area (Å²) in [7, 11) is 0. The first-order valence-electron chi connectivity index (χ1n) is 12.9. The minimum Gasteiger partial charge on any atom is -0.309 e. The molecule has 1 aromatic heterocycles. The van der Waals surface area contributed by atoms with Crippen molar-refractivity contribution in [2.45, 2.75) is 32.1 Å². The third-order valence-corrected chi connectivity index (χ3v) is 7.56. The van der Waals surface area contributed by atoms with Gasteiger partial charge in [-0.15, -0.1) is 11.8 Å². The SMILES string of the molecule is C/C=C\c1c(C)cccc1SCCc1ccc2c(c1)c1ccccc1n2-c1ccc([N+](=O)[O-])cc1.CCON. The van der Waals surface area contributed by atoms with E-state index in [9.17, 15) is 10.1 Å². The van der Waals surface area contributed by atoms with E-state index in [4.69, 9.17) is 0 Å². The van der Waals surface area contributed by atoms with Crippen molar-refractivity contribution >= 4 is 45.3 Å². The maximum absolute atomic E-state index is 11.1. The Hall–Kier alpha value is -3.91. The van der Waals surface area contributed by atoms with Crippen molar-refractivity contribution in [3.8, 4) is 5.69 Å². The van der Waals surface area contributed by atoms with Crippen LogP contribution >= 0.6 is 11.8 Å². The number of benzene rings is 4. The molecule has 39 heavy (non-hydrogen) atoms. The van der Waals surface area contributed by atoms with E-state index < -0.39 is 0 Å². The Kier molecular flexibility index (Phi) is 9.54. The largest absolute Gasteiger partial charge is 0.309 e. The van der Waals surface area contributed by atoms with Crippen molar-refractivity contribution in [2.75, 3.05) is 12.4 Å². The Balaban J connectivity index is 0.000000826. The molecule has 0 spiro atoms. The van der Waals surface area contributed by atoms with Gasteiger partial charge in [0.05, 0.1) is 22.6 Å². The molecule has 0 saturated heterocycles. The van der Waals surface area contributed by atoms with Gasteiger partial charge >= 0.3 is 0 Å². The predicted octanol–water partition coefficient (Wildman–Crippen LogP) is 8.26. The second kappa shape index (κ2) is 13.2. The number of nitrogens with two attached hydrogens (primary N) is 1. The first-order valence-corrected chi connectivity index (χ1v) is 13.9. The second-order valence-electron chi connectivity index (χ2n) is 9.02. The van der Waals surface area contributed by atoms with E-state index in [-0.39, 0.29) is 10.6 Å². The molecule has 7 heteroatoms. The van der Waals surface area contributed by atoms with Gasteiger partial charge in [-0.2, -0.15) is 0 Å². The summed E-state index contributed by atoms with van der Waals surface area (Å²) in [6, 6.07) is 28.3. The highest BCUT2D eigenvalue weighted by atomic mass is 32.2. The number of allylic oxidation sites excluding steroid dienone is 1. The predicted molar refractivity (Wildman–Crippen MR) is 164 cm³/mol. The van der Waals surface area contributed by atoms with Gasteiger partial charge in [0, 0.05) is 39.2 Å². The standard InChI is InChI=1S/C30H26N2O2S.C2H7NO/c1-3-7-25-21(2)8-6-11-30(25)35-19-18-22-12-17-29-27(20-22)26-9-4-5-10-28(26)31(29)23-13-15-24(16-14-23)32(33)34;1-2-4-3/h3-17,20H,18-19H2,1-2H3;2-3H2,1H3/b7-3-;. The summed E-state index contributed by atoms with van der Waals surface area (Å²) in [6.45, 7) is 6.65. The van der Waals surface area contributed by atoms with E-state index >= 15 is 0 Å². The first-order chi connectivity index (χ1) is 19.0. The van der Waals surface area contributed by atoms with E-state index in [0.717, 1.165) is 28.9 Å². The van der Waals surface area contributed by atoms with Crippen LogP contribution in [0.2, 0.25) is 0 Å². The Morgan fingerprint density at radius 2 is 1.69 bits per heavy atom. The van der Waals surface area contributed by atoms with Crippen molar-refractivity contribution in [3.05, 3.63) is 118 Å². The molecule has 0 aliphatic heterocycles. The number of aromatic nitrogens is 1. The highest BCUT2D eigenvalue weighted by Crippen LogP contribution is 2.34. The number of hydrogen-bond donors (Lipinski definition) is 1. The minimum absolute atomic E-state index is 0.0977. The molecule has 2 N–H and O–H groups in total. The van der Waals surface area contributed by atoms with Crippen LogP contribution in [-0.2, 0) is 11.3 Å². The number of nitro groups is 1. The second-order valence-corrected chi connectivity index (χ2v) is 10.2. The molecule has 0 atom stereocenters. The van der Waals surface area contributed by atoms with Crippen LogP contribution in [0.1, 0.15) is 30.5 Å². The molecule has 5 rings (SSSR count). The molecule has 4 aromatic carbocycles. The number of aryl methyl sites for hydroxylation is 2. The number of nitro benzene ring substituents is 1. The summed E-state index contributed by atoms with van der Waals surface area (Å²) in [5, 5.41) is 13.5. The van der Waals surface area contributed by atoms with Gasteiger partial charge in [0.1, 0.15) is 0 Å². The fourth-order valence-corrected chi connectivity index (χ4v) is 5.73. The summed E-state index contributed by atoms with van der Waals surface area (Å²) in [5.74, 6) is 5.53. The van der Waals surface area contributed by atoms with Crippen molar-refractivity contribution in [2.24, 2.45) is 5.90 Å². The van der Waals surface area contributed by atoms with Gasteiger partial charge in [0.2, 0.25) is 0 Å². The van der Waals surface area contributed by atoms with Gasteiger partial charge in [-0.05, 0) is 80.3 Å². The van der Waals surface area contributed by atoms with E-state index in [1.165, 1.54) is 32.4 Å². The van der Waals surface area contributed by atoms with Crippen molar-refractivity contribution < 1.29 is 9.76 Å². The summed E-state index contributed by atoms with van der Waals surface area (Å²) in [6.07, 6.45) is 5.26. The van der Waals surface area contributed by atoms with Gasteiger partial charge in [-0.3, -0.25) is 10.1 Å². The van der Waals surface area contributed by atoms with Crippen LogP contribution < -0.4 is 5.90 Å². The quantitative estimate of drug-likeness (QED) is 0.122. The maximum atomic E-state index is 11.1. The third kappa shape index (κ3) is 6.40. The Morgan fingerprint density at radius 1 is 0.974 bits per heavy atom. The molecule has 0 fully saturated rings. The Labute approximate surface area is 233 Å². The molecule has 0 aliphatic rings. The molecule has 6 nitrogen and oxygen atoms in total.